The number of anilines is 2. The summed E-state index contributed by atoms with van der Waals surface area (Å²) in [6.45, 7) is 2.87. The normalized spacial score (nSPS) is 16.2. The van der Waals surface area contributed by atoms with Crippen molar-refractivity contribution < 1.29 is 18.0 Å². The molecule has 0 unspecified atom stereocenters. The lowest BCUT2D eigenvalue weighted by Gasteiger charge is -2.36. The van der Waals surface area contributed by atoms with Crippen molar-refractivity contribution in [3.8, 4) is 0 Å². The third kappa shape index (κ3) is 3.40. The smallest absolute Gasteiger partial charge is 0.398 e. The number of aryl methyl sites for hydroxylation is 1. The van der Waals surface area contributed by atoms with Crippen LogP contribution in [-0.4, -0.2) is 43.2 Å². The maximum Gasteiger partial charge on any atom is 0.471 e. The fourth-order valence-corrected chi connectivity index (χ4v) is 2.45. The van der Waals surface area contributed by atoms with Crippen molar-refractivity contribution >= 4 is 17.3 Å². The molecule has 0 aliphatic carbocycles. The van der Waals surface area contributed by atoms with Crippen molar-refractivity contribution in [2.75, 3.05) is 36.8 Å². The molecule has 4 nitrogen and oxygen atoms in total. The Morgan fingerprint density at radius 2 is 1.86 bits per heavy atom. The molecule has 0 bridgehead atoms. The minimum Gasteiger partial charge on any atom is -0.398 e. The van der Waals surface area contributed by atoms with E-state index in [2.05, 4.69) is 0 Å². The Bertz CT molecular complexity index is 523. The average Bonchev–Trinajstić information content (AvgIpc) is 2.45. The van der Waals surface area contributed by atoms with E-state index in [9.17, 15) is 18.0 Å². The van der Waals surface area contributed by atoms with Gasteiger partial charge in [-0.2, -0.15) is 13.2 Å². The van der Waals surface area contributed by atoms with Crippen molar-refractivity contribution in [1.82, 2.24) is 4.90 Å². The third-order valence-corrected chi connectivity index (χ3v) is 3.68. The molecule has 0 atom stereocenters. The highest BCUT2D eigenvalue weighted by molar-refractivity contribution is 5.82. The molecule has 116 valence electrons. The van der Waals surface area contributed by atoms with Gasteiger partial charge in [-0.05, 0) is 24.1 Å². The molecule has 1 amide bonds. The molecule has 0 spiro atoms. The van der Waals surface area contributed by atoms with E-state index in [4.69, 9.17) is 5.73 Å². The summed E-state index contributed by atoms with van der Waals surface area (Å²) in [5.41, 5.74) is 8.54. The van der Waals surface area contributed by atoms with Gasteiger partial charge in [0.05, 0.1) is 0 Å². The molecular formula is C14H18F3N3O. The summed E-state index contributed by atoms with van der Waals surface area (Å²) < 4.78 is 37.1. The number of carbonyl (C=O) groups is 1. The number of benzene rings is 1. The van der Waals surface area contributed by atoms with Crippen LogP contribution >= 0.6 is 0 Å². The second kappa shape index (κ2) is 5.83. The van der Waals surface area contributed by atoms with Crippen LogP contribution in [0.3, 0.4) is 0 Å². The Morgan fingerprint density at radius 3 is 2.33 bits per heavy atom. The van der Waals surface area contributed by atoms with Crippen LogP contribution in [-0.2, 0) is 11.2 Å². The van der Waals surface area contributed by atoms with E-state index in [0.717, 1.165) is 22.6 Å². The summed E-state index contributed by atoms with van der Waals surface area (Å²) in [6.07, 6.45) is -3.96. The lowest BCUT2D eigenvalue weighted by molar-refractivity contribution is -0.185. The molecule has 2 N–H and O–H groups in total. The van der Waals surface area contributed by atoms with Crippen LogP contribution in [0.25, 0.3) is 0 Å². The van der Waals surface area contributed by atoms with Crippen LogP contribution in [0.4, 0.5) is 24.5 Å². The topological polar surface area (TPSA) is 49.6 Å². The average molecular weight is 301 g/mol. The van der Waals surface area contributed by atoms with Crippen molar-refractivity contribution in [3.63, 3.8) is 0 Å². The summed E-state index contributed by atoms with van der Waals surface area (Å²) in [4.78, 5) is 14.0. The van der Waals surface area contributed by atoms with Gasteiger partial charge in [0.15, 0.2) is 0 Å². The van der Waals surface area contributed by atoms with Crippen LogP contribution in [0.15, 0.2) is 18.2 Å². The van der Waals surface area contributed by atoms with Crippen LogP contribution in [0, 0.1) is 0 Å². The Labute approximate surface area is 121 Å². The van der Waals surface area contributed by atoms with E-state index in [1.807, 2.05) is 30.0 Å². The molecule has 2 rings (SSSR count). The molecule has 1 saturated heterocycles. The molecule has 0 radical (unpaired) electrons. The van der Waals surface area contributed by atoms with Crippen molar-refractivity contribution in [2.45, 2.75) is 19.5 Å². The molecule has 1 aliphatic rings. The van der Waals surface area contributed by atoms with Crippen molar-refractivity contribution in [2.24, 2.45) is 0 Å². The molecule has 0 aromatic heterocycles. The first-order chi connectivity index (χ1) is 9.82. The van der Waals surface area contributed by atoms with E-state index in [0.29, 0.717) is 18.8 Å². The van der Waals surface area contributed by atoms with Gasteiger partial charge in [-0.15, -0.1) is 0 Å². The molecule has 1 aliphatic heterocycles. The van der Waals surface area contributed by atoms with E-state index in [-0.39, 0.29) is 13.1 Å². The first-order valence-electron chi connectivity index (χ1n) is 6.82. The third-order valence-electron chi connectivity index (χ3n) is 3.68. The van der Waals surface area contributed by atoms with Gasteiger partial charge in [0, 0.05) is 37.6 Å². The number of nitrogens with zero attached hydrogens (tertiary/aromatic N) is 2. The number of nitrogens with two attached hydrogens (primary N) is 1. The van der Waals surface area contributed by atoms with Crippen LogP contribution in [0.1, 0.15) is 12.5 Å². The van der Waals surface area contributed by atoms with Gasteiger partial charge < -0.3 is 15.5 Å². The summed E-state index contributed by atoms with van der Waals surface area (Å²) in [6, 6.07) is 5.68. The summed E-state index contributed by atoms with van der Waals surface area (Å²) in [5, 5.41) is 0. The minimum absolute atomic E-state index is 0.0633. The number of hydrogen-bond donors (Lipinski definition) is 1. The van der Waals surface area contributed by atoms with E-state index >= 15 is 0 Å². The maximum atomic E-state index is 12.4. The van der Waals surface area contributed by atoms with E-state index in [1.165, 1.54) is 0 Å². The van der Waals surface area contributed by atoms with Crippen LogP contribution in [0.5, 0.6) is 0 Å². The quantitative estimate of drug-likeness (QED) is 0.851. The molecule has 1 aromatic carbocycles. The Balaban J connectivity index is 2.01. The van der Waals surface area contributed by atoms with Gasteiger partial charge in [-0.25, -0.2) is 0 Å². The predicted octanol–water partition coefficient (Wildman–Crippen LogP) is 2.04. The van der Waals surface area contributed by atoms with Gasteiger partial charge in [0.2, 0.25) is 0 Å². The largest absolute Gasteiger partial charge is 0.471 e. The predicted molar refractivity (Wildman–Crippen MR) is 75.1 cm³/mol. The Morgan fingerprint density at radius 1 is 1.24 bits per heavy atom. The highest BCUT2D eigenvalue weighted by atomic mass is 19.4. The van der Waals surface area contributed by atoms with Crippen molar-refractivity contribution in [1.29, 1.82) is 0 Å². The zero-order valence-corrected chi connectivity index (χ0v) is 11.8. The number of alkyl halides is 3. The van der Waals surface area contributed by atoms with Gasteiger partial charge >= 0.3 is 12.1 Å². The van der Waals surface area contributed by atoms with E-state index in [1.54, 1.807) is 0 Å². The fraction of sp³-hybridized carbons (Fsp3) is 0.500. The zero-order chi connectivity index (χ0) is 15.6. The lowest BCUT2D eigenvalue weighted by atomic mass is 10.1. The number of carbonyl (C=O) groups excluding carboxylic acids is 1. The first-order valence-corrected chi connectivity index (χ1v) is 6.82. The van der Waals surface area contributed by atoms with Gasteiger partial charge in [-0.1, -0.05) is 13.0 Å². The highest BCUT2D eigenvalue weighted by Gasteiger charge is 2.43. The monoisotopic (exact) mass is 301 g/mol. The lowest BCUT2D eigenvalue weighted by Crippen LogP contribution is -2.52. The van der Waals surface area contributed by atoms with Gasteiger partial charge in [0.25, 0.3) is 0 Å². The molecule has 21 heavy (non-hydrogen) atoms. The molecule has 0 saturated carbocycles. The SMILES string of the molecule is CCc1ccc(N2CCN(C(=O)C(F)(F)F)CC2)cc1N. The number of rotatable bonds is 2. The second-order valence-electron chi connectivity index (χ2n) is 5.01. The van der Waals surface area contributed by atoms with Crippen LogP contribution < -0.4 is 10.6 Å². The maximum absolute atomic E-state index is 12.4. The number of hydrogen-bond acceptors (Lipinski definition) is 3. The molecule has 7 heteroatoms. The standard InChI is InChI=1S/C14H18F3N3O/c1-2-10-3-4-11(9-12(10)18)19-5-7-20(8-6-19)13(21)14(15,16)17/h3-4,9H,2,5-8,18H2,1H3. The first kappa shape index (κ1) is 15.5. The number of amides is 1. The summed E-state index contributed by atoms with van der Waals surface area (Å²) in [7, 11) is 0. The number of piperazine rings is 1. The molecule has 1 aromatic rings. The van der Waals surface area contributed by atoms with Crippen molar-refractivity contribution in [3.05, 3.63) is 23.8 Å². The highest BCUT2D eigenvalue weighted by Crippen LogP contribution is 2.24. The fourth-order valence-electron chi connectivity index (χ4n) is 2.45. The Kier molecular flexibility index (Phi) is 4.29. The zero-order valence-electron chi connectivity index (χ0n) is 11.8. The number of nitrogen functional groups attached to an aromatic ring is 1. The molecule has 1 heterocycles. The second-order valence-corrected chi connectivity index (χ2v) is 5.01. The minimum atomic E-state index is -4.80. The van der Waals surface area contributed by atoms with E-state index < -0.39 is 12.1 Å². The molecule has 1 fully saturated rings. The Hall–Kier alpha value is -1.92. The van der Waals surface area contributed by atoms with Crippen LogP contribution in [0.2, 0.25) is 0 Å². The summed E-state index contributed by atoms with van der Waals surface area (Å²) in [5.74, 6) is -1.76. The number of halogens is 3. The molecular weight excluding hydrogens is 283 g/mol. The van der Waals surface area contributed by atoms with Gasteiger partial charge in [-0.3, -0.25) is 4.79 Å². The summed E-state index contributed by atoms with van der Waals surface area (Å²) >= 11 is 0. The van der Waals surface area contributed by atoms with Gasteiger partial charge in [0.1, 0.15) is 0 Å².